The molecule has 178 valence electrons. The summed E-state index contributed by atoms with van der Waals surface area (Å²) in [4.78, 5) is 16.5. The number of aromatic nitrogens is 4. The van der Waals surface area contributed by atoms with Gasteiger partial charge in [0.15, 0.2) is 11.0 Å². The van der Waals surface area contributed by atoms with Gasteiger partial charge < -0.3 is 9.47 Å². The van der Waals surface area contributed by atoms with Crippen molar-refractivity contribution in [1.29, 1.82) is 0 Å². The number of benzene rings is 2. The Kier molecular flexibility index (Phi) is 7.96. The molecule has 9 nitrogen and oxygen atoms in total. The molecule has 11 heteroatoms. The van der Waals surface area contributed by atoms with Gasteiger partial charge in [-0.3, -0.25) is 14.3 Å². The molecular weight excluding hydrogens is 488 g/mol. The molecule has 0 saturated heterocycles. The molecule has 35 heavy (non-hydrogen) atoms. The first-order valence-corrected chi connectivity index (χ1v) is 11.7. The summed E-state index contributed by atoms with van der Waals surface area (Å²) in [5.74, 6) is 1.66. The number of carbonyl (C=O) groups excluding carboxylic acids is 1. The average molecular weight is 509 g/mol. The Labute approximate surface area is 211 Å². The van der Waals surface area contributed by atoms with Gasteiger partial charge in [-0.25, -0.2) is 5.43 Å². The number of hydrogen-bond acceptors (Lipinski definition) is 8. The summed E-state index contributed by atoms with van der Waals surface area (Å²) in [6.07, 6.45) is 4.87. The Bertz CT molecular complexity index is 1330. The van der Waals surface area contributed by atoms with Gasteiger partial charge >= 0.3 is 0 Å². The van der Waals surface area contributed by atoms with Crippen LogP contribution in [0.15, 0.2) is 77.2 Å². The molecule has 0 aliphatic heterocycles. The van der Waals surface area contributed by atoms with Crippen LogP contribution < -0.4 is 14.9 Å². The Morgan fingerprint density at radius 3 is 2.57 bits per heavy atom. The Hall–Kier alpha value is -3.89. The molecule has 0 bridgehead atoms. The van der Waals surface area contributed by atoms with Crippen LogP contribution in [0.4, 0.5) is 0 Å². The molecule has 4 rings (SSSR count). The van der Waals surface area contributed by atoms with E-state index >= 15 is 0 Å². The second kappa shape index (κ2) is 11.5. The number of halogens is 1. The molecule has 0 fully saturated rings. The lowest BCUT2D eigenvalue weighted by Crippen LogP contribution is -2.20. The highest BCUT2D eigenvalue weighted by atomic mass is 35.5. The van der Waals surface area contributed by atoms with Gasteiger partial charge in [-0.05, 0) is 54.6 Å². The smallest absolute Gasteiger partial charge is 0.250 e. The maximum Gasteiger partial charge on any atom is 0.250 e. The van der Waals surface area contributed by atoms with E-state index in [1.807, 2.05) is 28.8 Å². The van der Waals surface area contributed by atoms with Crippen molar-refractivity contribution in [3.63, 3.8) is 0 Å². The number of nitrogens with one attached hydrogen (secondary N) is 1. The molecule has 0 saturated carbocycles. The third kappa shape index (κ3) is 5.97. The molecule has 0 spiro atoms. The van der Waals surface area contributed by atoms with Crippen molar-refractivity contribution in [3.8, 4) is 28.6 Å². The molecule has 2 heterocycles. The Balaban J connectivity index is 1.49. The van der Waals surface area contributed by atoms with Crippen molar-refractivity contribution in [2.75, 3.05) is 20.0 Å². The summed E-state index contributed by atoms with van der Waals surface area (Å²) in [6, 6.07) is 16.3. The molecule has 2 aromatic heterocycles. The Morgan fingerprint density at radius 2 is 1.86 bits per heavy atom. The van der Waals surface area contributed by atoms with Crippen LogP contribution >= 0.6 is 23.4 Å². The van der Waals surface area contributed by atoms with Crippen molar-refractivity contribution >= 4 is 35.5 Å². The number of nitrogens with zero attached hydrogens (tertiary/aromatic N) is 5. The average Bonchev–Trinajstić information content (AvgIpc) is 3.32. The second-order valence-corrected chi connectivity index (χ2v) is 8.42. The van der Waals surface area contributed by atoms with Gasteiger partial charge in [0.2, 0.25) is 0 Å². The summed E-state index contributed by atoms with van der Waals surface area (Å²) in [5, 5.41) is 13.9. The van der Waals surface area contributed by atoms with Crippen LogP contribution in [-0.4, -0.2) is 51.8 Å². The fraction of sp³-hybridized carbons (Fsp3) is 0.125. The number of carbonyl (C=O) groups is 1. The summed E-state index contributed by atoms with van der Waals surface area (Å²) in [5.41, 5.74) is 4.86. The lowest BCUT2D eigenvalue weighted by molar-refractivity contribution is -0.118. The van der Waals surface area contributed by atoms with Crippen molar-refractivity contribution in [3.05, 3.63) is 77.6 Å². The maximum absolute atomic E-state index is 12.5. The number of amides is 1. The molecule has 1 amide bonds. The third-order valence-electron chi connectivity index (χ3n) is 4.82. The van der Waals surface area contributed by atoms with Crippen molar-refractivity contribution in [2.45, 2.75) is 5.16 Å². The minimum Gasteiger partial charge on any atom is -0.497 e. The van der Waals surface area contributed by atoms with Crippen LogP contribution in [0, 0.1) is 0 Å². The third-order valence-corrected chi connectivity index (χ3v) is 6.00. The number of thioether (sulfide) groups is 1. The van der Waals surface area contributed by atoms with Crippen molar-refractivity contribution in [2.24, 2.45) is 5.10 Å². The van der Waals surface area contributed by atoms with Gasteiger partial charge in [-0.1, -0.05) is 23.4 Å². The van der Waals surface area contributed by atoms with E-state index in [0.717, 1.165) is 11.3 Å². The predicted molar refractivity (Wildman–Crippen MR) is 136 cm³/mol. The molecule has 0 atom stereocenters. The van der Waals surface area contributed by atoms with Gasteiger partial charge in [0.05, 0.1) is 26.2 Å². The van der Waals surface area contributed by atoms with E-state index in [-0.39, 0.29) is 11.7 Å². The monoisotopic (exact) mass is 508 g/mol. The summed E-state index contributed by atoms with van der Waals surface area (Å²) >= 11 is 7.31. The molecule has 0 aliphatic rings. The molecule has 0 radical (unpaired) electrons. The summed E-state index contributed by atoms with van der Waals surface area (Å²) in [7, 11) is 3.13. The lowest BCUT2D eigenvalue weighted by Gasteiger charge is -2.10. The Morgan fingerprint density at radius 1 is 1.09 bits per heavy atom. The molecule has 0 unspecified atom stereocenters. The quantitative estimate of drug-likeness (QED) is 0.205. The molecule has 0 aliphatic carbocycles. The molecule has 4 aromatic rings. The van der Waals surface area contributed by atoms with E-state index < -0.39 is 0 Å². The maximum atomic E-state index is 12.5. The fourth-order valence-corrected chi connectivity index (χ4v) is 4.02. The largest absolute Gasteiger partial charge is 0.497 e. The van der Waals surface area contributed by atoms with Gasteiger partial charge in [0.25, 0.3) is 5.91 Å². The normalized spacial score (nSPS) is 10.9. The number of pyridine rings is 1. The van der Waals surface area contributed by atoms with Crippen LogP contribution in [0.3, 0.4) is 0 Å². The highest BCUT2D eigenvalue weighted by Crippen LogP contribution is 2.28. The predicted octanol–water partition coefficient (Wildman–Crippen LogP) is 4.24. The van der Waals surface area contributed by atoms with Crippen molar-refractivity contribution < 1.29 is 14.3 Å². The minimum absolute atomic E-state index is 0.0780. The zero-order valence-electron chi connectivity index (χ0n) is 18.9. The number of hydrogen-bond donors (Lipinski definition) is 1. The van der Waals surface area contributed by atoms with Gasteiger partial charge in [0, 0.05) is 34.2 Å². The zero-order valence-corrected chi connectivity index (χ0v) is 20.5. The van der Waals surface area contributed by atoms with Crippen LogP contribution in [0.2, 0.25) is 5.02 Å². The first kappa shape index (κ1) is 24.2. The van der Waals surface area contributed by atoms with Gasteiger partial charge in [0.1, 0.15) is 11.5 Å². The van der Waals surface area contributed by atoms with E-state index in [0.29, 0.717) is 33.1 Å². The van der Waals surface area contributed by atoms with Gasteiger partial charge in [-0.15, -0.1) is 10.2 Å². The summed E-state index contributed by atoms with van der Waals surface area (Å²) in [6.45, 7) is 0. The van der Waals surface area contributed by atoms with Crippen molar-refractivity contribution in [1.82, 2.24) is 25.2 Å². The van der Waals surface area contributed by atoms with Crippen LogP contribution in [-0.2, 0) is 4.79 Å². The van der Waals surface area contributed by atoms with E-state index in [2.05, 4.69) is 25.7 Å². The van der Waals surface area contributed by atoms with E-state index in [1.54, 1.807) is 56.9 Å². The number of rotatable bonds is 9. The SMILES string of the molecule is COc1ccc(OC)c(/C=N/NC(=O)CSc2nnc(-c3ccncc3)n2-c2ccc(Cl)cc2)c1. The zero-order chi connectivity index (χ0) is 24.6. The number of ether oxygens (including phenoxy) is 2. The molecular formula is C24H21ClN6O3S. The van der Waals surface area contributed by atoms with E-state index in [1.165, 1.54) is 18.0 Å². The molecule has 2 aromatic carbocycles. The number of hydrazone groups is 1. The topological polar surface area (TPSA) is 104 Å². The van der Waals surface area contributed by atoms with Crippen LogP contribution in [0.1, 0.15) is 5.56 Å². The highest BCUT2D eigenvalue weighted by Gasteiger charge is 2.17. The minimum atomic E-state index is -0.302. The molecule has 1 N–H and O–H groups in total. The lowest BCUT2D eigenvalue weighted by atomic mass is 10.2. The van der Waals surface area contributed by atoms with Gasteiger partial charge in [-0.2, -0.15) is 5.10 Å². The van der Waals surface area contributed by atoms with Crippen LogP contribution in [0.5, 0.6) is 11.5 Å². The fourth-order valence-electron chi connectivity index (χ4n) is 3.15. The number of methoxy groups -OCH3 is 2. The summed E-state index contributed by atoms with van der Waals surface area (Å²) < 4.78 is 12.4. The first-order chi connectivity index (χ1) is 17.1. The first-order valence-electron chi connectivity index (χ1n) is 10.4. The highest BCUT2D eigenvalue weighted by molar-refractivity contribution is 7.99. The van der Waals surface area contributed by atoms with E-state index in [9.17, 15) is 4.79 Å². The second-order valence-electron chi connectivity index (χ2n) is 7.04. The van der Waals surface area contributed by atoms with E-state index in [4.69, 9.17) is 21.1 Å². The van der Waals surface area contributed by atoms with Crippen LogP contribution in [0.25, 0.3) is 17.1 Å². The standard InChI is InChI=1S/C24H21ClN6O3S/c1-33-20-7-8-21(34-2)17(13-20)14-27-28-22(32)15-35-24-30-29-23(16-9-11-26-12-10-16)31(24)19-5-3-18(25)4-6-19/h3-14H,15H2,1-2H3,(H,28,32)/b27-14+.